The average Bonchev–Trinajstić information content (AvgIpc) is 2.88. The summed E-state index contributed by atoms with van der Waals surface area (Å²) >= 11 is 0. The van der Waals surface area contributed by atoms with Gasteiger partial charge in [0.25, 0.3) is 0 Å². The summed E-state index contributed by atoms with van der Waals surface area (Å²) in [7, 11) is 2.07. The number of hydrogen-bond donors (Lipinski definition) is 1. The number of nitrogens with one attached hydrogen (secondary N) is 1. The molecule has 0 aromatic carbocycles. The normalized spacial score (nSPS) is 24.8. The van der Waals surface area contributed by atoms with Crippen molar-refractivity contribution in [3.63, 3.8) is 0 Å². The predicted molar refractivity (Wildman–Crippen MR) is 71.1 cm³/mol. The Morgan fingerprint density at radius 2 is 2.29 bits per heavy atom. The van der Waals surface area contributed by atoms with Crippen LogP contribution in [0, 0.1) is 5.92 Å². The molecule has 1 unspecified atom stereocenters. The van der Waals surface area contributed by atoms with E-state index in [-0.39, 0.29) is 0 Å². The summed E-state index contributed by atoms with van der Waals surface area (Å²) < 4.78 is 2.06. The highest BCUT2D eigenvalue weighted by Crippen LogP contribution is 2.31. The number of rotatable bonds is 4. The lowest BCUT2D eigenvalue weighted by Crippen LogP contribution is -2.47. The van der Waals surface area contributed by atoms with Gasteiger partial charge in [0.05, 0.1) is 5.69 Å². The van der Waals surface area contributed by atoms with E-state index in [2.05, 4.69) is 49.0 Å². The van der Waals surface area contributed by atoms with Crippen LogP contribution in [0.15, 0.2) is 6.07 Å². The molecule has 1 aliphatic rings. The summed E-state index contributed by atoms with van der Waals surface area (Å²) in [5, 5.41) is 8.28. The largest absolute Gasteiger partial charge is 0.311 e. The second kappa shape index (κ2) is 4.81. The Balaban J connectivity index is 2.20. The summed E-state index contributed by atoms with van der Waals surface area (Å²) in [6, 6.07) is 2.27. The molecule has 2 heterocycles. The third kappa shape index (κ3) is 2.39. The average molecular weight is 235 g/mol. The number of aryl methyl sites for hydroxylation is 2. The van der Waals surface area contributed by atoms with Crippen molar-refractivity contribution in [1.29, 1.82) is 0 Å². The maximum absolute atomic E-state index is 4.55. The second-order valence-electron chi connectivity index (χ2n) is 5.62. The molecule has 3 nitrogen and oxygen atoms in total. The van der Waals surface area contributed by atoms with Gasteiger partial charge in [-0.2, -0.15) is 5.10 Å². The van der Waals surface area contributed by atoms with Gasteiger partial charge in [-0.25, -0.2) is 0 Å². The molecule has 2 rings (SSSR count). The van der Waals surface area contributed by atoms with Gasteiger partial charge in [-0.15, -0.1) is 0 Å². The molecule has 1 N–H and O–H groups in total. The maximum Gasteiger partial charge on any atom is 0.0624 e. The van der Waals surface area contributed by atoms with E-state index >= 15 is 0 Å². The predicted octanol–water partition coefficient (Wildman–Crippen LogP) is 2.30. The molecule has 0 bridgehead atoms. The van der Waals surface area contributed by atoms with Crippen molar-refractivity contribution in [2.45, 2.75) is 52.0 Å². The first-order chi connectivity index (χ1) is 8.07. The standard InChI is InChI=1S/C14H25N3/c1-5-12-9-13(17(4)16-12)10-14(11(2)3)7-6-8-15-14/h9,11,15H,5-8,10H2,1-4H3. The fourth-order valence-electron chi connectivity index (χ4n) is 2.91. The van der Waals surface area contributed by atoms with Crippen molar-refractivity contribution in [3.05, 3.63) is 17.5 Å². The van der Waals surface area contributed by atoms with Gasteiger partial charge in [-0.3, -0.25) is 4.68 Å². The maximum atomic E-state index is 4.55. The number of aromatic nitrogens is 2. The summed E-state index contributed by atoms with van der Waals surface area (Å²) in [4.78, 5) is 0. The van der Waals surface area contributed by atoms with Crippen LogP contribution in [0.3, 0.4) is 0 Å². The quantitative estimate of drug-likeness (QED) is 0.868. The minimum Gasteiger partial charge on any atom is -0.311 e. The molecule has 0 aliphatic carbocycles. The molecule has 0 amide bonds. The minimum absolute atomic E-state index is 0.290. The lowest BCUT2D eigenvalue weighted by atomic mass is 9.81. The van der Waals surface area contributed by atoms with Gasteiger partial charge >= 0.3 is 0 Å². The molecule has 0 saturated carbocycles. The van der Waals surface area contributed by atoms with Crippen LogP contribution in [-0.2, 0) is 19.9 Å². The van der Waals surface area contributed by atoms with E-state index in [9.17, 15) is 0 Å². The molecule has 1 atom stereocenters. The smallest absolute Gasteiger partial charge is 0.0624 e. The third-order valence-electron chi connectivity index (χ3n) is 4.27. The van der Waals surface area contributed by atoms with Crippen molar-refractivity contribution in [3.8, 4) is 0 Å². The van der Waals surface area contributed by atoms with E-state index in [1.165, 1.54) is 24.2 Å². The van der Waals surface area contributed by atoms with E-state index in [0.29, 0.717) is 11.5 Å². The first kappa shape index (κ1) is 12.6. The Morgan fingerprint density at radius 3 is 2.76 bits per heavy atom. The van der Waals surface area contributed by atoms with Gasteiger partial charge < -0.3 is 5.32 Å². The highest BCUT2D eigenvalue weighted by Gasteiger charge is 2.37. The van der Waals surface area contributed by atoms with Crippen molar-refractivity contribution in [2.75, 3.05) is 6.54 Å². The zero-order chi connectivity index (χ0) is 12.5. The van der Waals surface area contributed by atoms with Gasteiger partial charge in [0.1, 0.15) is 0 Å². The second-order valence-corrected chi connectivity index (χ2v) is 5.62. The van der Waals surface area contributed by atoms with Gasteiger partial charge in [-0.1, -0.05) is 20.8 Å². The molecular formula is C14H25N3. The lowest BCUT2D eigenvalue weighted by Gasteiger charge is -2.34. The molecule has 1 aromatic rings. The van der Waals surface area contributed by atoms with Crippen LogP contribution in [0.1, 0.15) is 45.0 Å². The number of nitrogens with zero attached hydrogens (tertiary/aromatic N) is 2. The highest BCUT2D eigenvalue weighted by molar-refractivity contribution is 5.15. The first-order valence-corrected chi connectivity index (χ1v) is 6.84. The Kier molecular flexibility index (Phi) is 3.57. The number of hydrogen-bond acceptors (Lipinski definition) is 2. The van der Waals surface area contributed by atoms with E-state index in [1.54, 1.807) is 0 Å². The minimum atomic E-state index is 0.290. The SMILES string of the molecule is CCc1cc(CC2(C(C)C)CCCN2)n(C)n1. The molecule has 1 aliphatic heterocycles. The monoisotopic (exact) mass is 235 g/mol. The Labute approximate surface area is 105 Å². The highest BCUT2D eigenvalue weighted by atomic mass is 15.3. The fourth-order valence-corrected chi connectivity index (χ4v) is 2.91. The molecule has 96 valence electrons. The van der Waals surface area contributed by atoms with Gasteiger partial charge in [0, 0.05) is 24.7 Å². The zero-order valence-electron chi connectivity index (χ0n) is 11.6. The summed E-state index contributed by atoms with van der Waals surface area (Å²) in [6.45, 7) is 7.99. The Hall–Kier alpha value is -0.830. The van der Waals surface area contributed by atoms with E-state index in [4.69, 9.17) is 0 Å². The lowest BCUT2D eigenvalue weighted by molar-refractivity contribution is 0.264. The van der Waals surface area contributed by atoms with E-state index in [0.717, 1.165) is 19.4 Å². The summed E-state index contributed by atoms with van der Waals surface area (Å²) in [5.74, 6) is 0.671. The zero-order valence-corrected chi connectivity index (χ0v) is 11.6. The first-order valence-electron chi connectivity index (χ1n) is 6.84. The van der Waals surface area contributed by atoms with Crippen molar-refractivity contribution >= 4 is 0 Å². The molecule has 1 aromatic heterocycles. The van der Waals surface area contributed by atoms with Gasteiger partial charge in [-0.05, 0) is 37.8 Å². The van der Waals surface area contributed by atoms with Gasteiger partial charge in [0.15, 0.2) is 0 Å². The van der Waals surface area contributed by atoms with Crippen LogP contribution in [0.4, 0.5) is 0 Å². The summed E-state index contributed by atoms with van der Waals surface area (Å²) in [6.07, 6.45) is 4.72. The Bertz CT molecular complexity index is 373. The van der Waals surface area contributed by atoms with E-state index < -0.39 is 0 Å². The summed E-state index contributed by atoms with van der Waals surface area (Å²) in [5.41, 5.74) is 2.86. The van der Waals surface area contributed by atoms with Crippen LogP contribution in [0.2, 0.25) is 0 Å². The fraction of sp³-hybridized carbons (Fsp3) is 0.786. The van der Waals surface area contributed by atoms with Crippen LogP contribution >= 0.6 is 0 Å². The Morgan fingerprint density at radius 1 is 1.53 bits per heavy atom. The topological polar surface area (TPSA) is 29.9 Å². The molecule has 17 heavy (non-hydrogen) atoms. The van der Waals surface area contributed by atoms with Crippen LogP contribution in [0.25, 0.3) is 0 Å². The van der Waals surface area contributed by atoms with Crippen molar-refractivity contribution in [2.24, 2.45) is 13.0 Å². The molecule has 1 fully saturated rings. The van der Waals surface area contributed by atoms with Gasteiger partial charge in [0.2, 0.25) is 0 Å². The molecular weight excluding hydrogens is 210 g/mol. The van der Waals surface area contributed by atoms with Crippen LogP contribution in [-0.4, -0.2) is 21.9 Å². The molecule has 0 radical (unpaired) electrons. The van der Waals surface area contributed by atoms with Crippen molar-refractivity contribution in [1.82, 2.24) is 15.1 Å². The van der Waals surface area contributed by atoms with Crippen LogP contribution < -0.4 is 5.32 Å². The molecule has 0 spiro atoms. The van der Waals surface area contributed by atoms with Crippen LogP contribution in [0.5, 0.6) is 0 Å². The van der Waals surface area contributed by atoms with E-state index in [1.807, 2.05) is 0 Å². The molecule has 1 saturated heterocycles. The molecule has 3 heteroatoms. The third-order valence-corrected chi connectivity index (χ3v) is 4.27. The van der Waals surface area contributed by atoms with Crippen molar-refractivity contribution < 1.29 is 0 Å².